The first-order valence-electron chi connectivity index (χ1n) is 7.55. The Morgan fingerprint density at radius 1 is 1.29 bits per heavy atom. The molecule has 21 heavy (non-hydrogen) atoms. The Hall–Kier alpha value is -1.13. The van der Waals surface area contributed by atoms with Gasteiger partial charge in [0, 0.05) is 36.4 Å². The zero-order valence-electron chi connectivity index (χ0n) is 13.6. The molecule has 1 rings (SSSR count). The van der Waals surface area contributed by atoms with Crippen molar-refractivity contribution in [1.82, 2.24) is 15.2 Å². The van der Waals surface area contributed by atoms with Crippen LogP contribution in [0.2, 0.25) is 5.15 Å². The predicted molar refractivity (Wildman–Crippen MR) is 87.9 cm³/mol. The normalized spacial score (nSPS) is 11.5. The van der Waals surface area contributed by atoms with Gasteiger partial charge in [-0.25, -0.2) is 4.98 Å². The van der Waals surface area contributed by atoms with Crippen molar-refractivity contribution in [2.24, 2.45) is 0 Å². The van der Waals surface area contributed by atoms with Crippen molar-refractivity contribution < 1.29 is 4.79 Å². The number of pyridine rings is 1. The zero-order chi connectivity index (χ0) is 16.0. The minimum Gasteiger partial charge on any atom is -0.351 e. The van der Waals surface area contributed by atoms with E-state index in [0.717, 1.165) is 18.7 Å². The van der Waals surface area contributed by atoms with E-state index >= 15 is 0 Å². The fraction of sp³-hybridized carbons (Fsp3) is 0.625. The summed E-state index contributed by atoms with van der Waals surface area (Å²) in [5.74, 6) is -0.0959. The maximum absolute atomic E-state index is 12.2. The van der Waals surface area contributed by atoms with Gasteiger partial charge in [-0.1, -0.05) is 18.5 Å². The number of hydrogen-bond donors (Lipinski definition) is 1. The lowest BCUT2D eigenvalue weighted by atomic mass is 10.2. The van der Waals surface area contributed by atoms with Gasteiger partial charge in [-0.15, -0.1) is 0 Å². The molecule has 1 heterocycles. The number of nitrogens with one attached hydrogen (secondary N) is 1. The van der Waals surface area contributed by atoms with Gasteiger partial charge in [0.1, 0.15) is 5.15 Å². The molecule has 0 aliphatic carbocycles. The Balaban J connectivity index is 2.60. The Morgan fingerprint density at radius 3 is 2.43 bits per heavy atom. The highest BCUT2D eigenvalue weighted by atomic mass is 35.5. The third kappa shape index (κ3) is 5.64. The largest absolute Gasteiger partial charge is 0.351 e. The van der Waals surface area contributed by atoms with E-state index in [2.05, 4.69) is 42.9 Å². The van der Waals surface area contributed by atoms with Gasteiger partial charge in [-0.05, 0) is 46.2 Å². The number of amides is 1. The molecule has 0 atom stereocenters. The second kappa shape index (κ2) is 8.35. The summed E-state index contributed by atoms with van der Waals surface area (Å²) in [5, 5.41) is 3.32. The van der Waals surface area contributed by atoms with E-state index < -0.39 is 0 Å². The van der Waals surface area contributed by atoms with Crippen LogP contribution in [0.25, 0.3) is 0 Å². The van der Waals surface area contributed by atoms with E-state index in [1.807, 2.05) is 6.92 Å². The molecule has 0 saturated carbocycles. The minimum absolute atomic E-state index is 0.0959. The van der Waals surface area contributed by atoms with Gasteiger partial charge in [0.25, 0.3) is 5.91 Å². The first kappa shape index (κ1) is 17.9. The molecule has 0 fully saturated rings. The summed E-state index contributed by atoms with van der Waals surface area (Å²) in [6.45, 7) is 12.1. The third-order valence-corrected chi connectivity index (χ3v) is 3.65. The molecular weight excluding hydrogens is 286 g/mol. The topological polar surface area (TPSA) is 45.2 Å². The van der Waals surface area contributed by atoms with Crippen LogP contribution in [0, 0.1) is 0 Å². The lowest BCUT2D eigenvalue weighted by Gasteiger charge is -2.30. The summed E-state index contributed by atoms with van der Waals surface area (Å²) in [6.07, 6.45) is 0.759. The van der Waals surface area contributed by atoms with Crippen molar-refractivity contribution >= 4 is 17.5 Å². The van der Waals surface area contributed by atoms with Crippen molar-refractivity contribution in [3.63, 3.8) is 0 Å². The first-order valence-corrected chi connectivity index (χ1v) is 7.93. The van der Waals surface area contributed by atoms with Crippen LogP contribution in [-0.4, -0.2) is 41.0 Å². The molecule has 1 aromatic rings. The SMILES string of the molecule is CCc1cc(C(=O)NCCN(C(C)C)C(C)C)cc(Cl)n1. The molecule has 118 valence electrons. The number of nitrogens with zero attached hydrogens (tertiary/aromatic N) is 2. The summed E-state index contributed by atoms with van der Waals surface area (Å²) in [6, 6.07) is 4.33. The van der Waals surface area contributed by atoms with Gasteiger partial charge in [0.15, 0.2) is 0 Å². The van der Waals surface area contributed by atoms with Crippen molar-refractivity contribution in [2.75, 3.05) is 13.1 Å². The Bertz CT molecular complexity index is 467. The van der Waals surface area contributed by atoms with Gasteiger partial charge < -0.3 is 5.32 Å². The molecule has 1 N–H and O–H groups in total. The van der Waals surface area contributed by atoms with E-state index in [9.17, 15) is 4.79 Å². The summed E-state index contributed by atoms with van der Waals surface area (Å²) < 4.78 is 0. The number of halogens is 1. The molecular formula is C16H26ClN3O. The quantitative estimate of drug-likeness (QED) is 0.787. The van der Waals surface area contributed by atoms with Gasteiger partial charge in [0.2, 0.25) is 0 Å². The number of carbonyl (C=O) groups is 1. The highest BCUT2D eigenvalue weighted by molar-refractivity contribution is 6.29. The smallest absolute Gasteiger partial charge is 0.251 e. The van der Waals surface area contributed by atoms with Crippen LogP contribution in [0.15, 0.2) is 12.1 Å². The lowest BCUT2D eigenvalue weighted by molar-refractivity contribution is 0.0939. The van der Waals surface area contributed by atoms with Crippen molar-refractivity contribution in [2.45, 2.75) is 53.1 Å². The van der Waals surface area contributed by atoms with Crippen molar-refractivity contribution in [3.8, 4) is 0 Å². The van der Waals surface area contributed by atoms with Crippen molar-refractivity contribution in [1.29, 1.82) is 0 Å². The predicted octanol–water partition coefficient (Wildman–Crippen LogP) is 3.15. The molecule has 0 saturated heterocycles. The molecule has 1 aromatic heterocycles. The maximum Gasteiger partial charge on any atom is 0.251 e. The van der Waals surface area contributed by atoms with Gasteiger partial charge in [-0.3, -0.25) is 9.69 Å². The average molecular weight is 312 g/mol. The molecule has 0 aromatic carbocycles. The van der Waals surface area contributed by atoms with Crippen LogP contribution < -0.4 is 5.32 Å². The second-order valence-corrected chi connectivity index (χ2v) is 6.09. The van der Waals surface area contributed by atoms with Crippen LogP contribution in [0.3, 0.4) is 0 Å². The number of aryl methyl sites for hydroxylation is 1. The number of carbonyl (C=O) groups excluding carboxylic acids is 1. The molecule has 0 aliphatic rings. The molecule has 1 amide bonds. The Labute approximate surface area is 132 Å². The van der Waals surface area contributed by atoms with Gasteiger partial charge in [-0.2, -0.15) is 0 Å². The van der Waals surface area contributed by atoms with Crippen LogP contribution in [-0.2, 0) is 6.42 Å². The Morgan fingerprint density at radius 2 is 1.90 bits per heavy atom. The van der Waals surface area contributed by atoms with E-state index in [-0.39, 0.29) is 5.91 Å². The summed E-state index contributed by atoms with van der Waals surface area (Å²) in [5.41, 5.74) is 1.41. The van der Waals surface area contributed by atoms with E-state index in [0.29, 0.717) is 29.3 Å². The molecule has 0 radical (unpaired) electrons. The molecule has 0 spiro atoms. The number of hydrogen-bond acceptors (Lipinski definition) is 3. The summed E-state index contributed by atoms with van der Waals surface area (Å²) >= 11 is 5.94. The highest BCUT2D eigenvalue weighted by Gasteiger charge is 2.14. The van der Waals surface area contributed by atoms with E-state index in [1.165, 1.54) is 0 Å². The lowest BCUT2D eigenvalue weighted by Crippen LogP contribution is -2.42. The number of aromatic nitrogens is 1. The highest BCUT2D eigenvalue weighted by Crippen LogP contribution is 2.11. The van der Waals surface area contributed by atoms with E-state index in [1.54, 1.807) is 12.1 Å². The summed E-state index contributed by atoms with van der Waals surface area (Å²) in [7, 11) is 0. The fourth-order valence-electron chi connectivity index (χ4n) is 2.38. The molecule has 0 aliphatic heterocycles. The number of rotatable bonds is 7. The maximum atomic E-state index is 12.2. The van der Waals surface area contributed by atoms with E-state index in [4.69, 9.17) is 11.6 Å². The molecule has 0 unspecified atom stereocenters. The van der Waals surface area contributed by atoms with Crippen LogP contribution >= 0.6 is 11.6 Å². The summed E-state index contributed by atoms with van der Waals surface area (Å²) in [4.78, 5) is 18.7. The van der Waals surface area contributed by atoms with Crippen molar-refractivity contribution in [3.05, 3.63) is 28.5 Å². The fourth-order valence-corrected chi connectivity index (χ4v) is 2.60. The minimum atomic E-state index is -0.0959. The molecule has 5 heteroatoms. The van der Waals surface area contributed by atoms with Crippen LogP contribution in [0.1, 0.15) is 50.7 Å². The first-order chi connectivity index (χ1) is 9.85. The second-order valence-electron chi connectivity index (χ2n) is 5.70. The van der Waals surface area contributed by atoms with Crippen LogP contribution in [0.4, 0.5) is 0 Å². The van der Waals surface area contributed by atoms with Crippen LogP contribution in [0.5, 0.6) is 0 Å². The standard InChI is InChI=1S/C16H26ClN3O/c1-6-14-9-13(10-15(17)19-14)16(21)18-7-8-20(11(2)3)12(4)5/h9-12H,6-8H2,1-5H3,(H,18,21). The van der Waals surface area contributed by atoms with Gasteiger partial charge >= 0.3 is 0 Å². The molecule has 0 bridgehead atoms. The molecule has 4 nitrogen and oxygen atoms in total. The Kier molecular flexibility index (Phi) is 7.12. The van der Waals surface area contributed by atoms with Gasteiger partial charge in [0.05, 0.1) is 0 Å². The monoisotopic (exact) mass is 311 g/mol. The average Bonchev–Trinajstić information content (AvgIpc) is 2.41. The third-order valence-electron chi connectivity index (χ3n) is 3.45. The zero-order valence-corrected chi connectivity index (χ0v) is 14.4.